The smallest absolute Gasteiger partial charge is 0.250 e. The largest absolute Gasteiger partial charge is 0.454 e. The van der Waals surface area contributed by atoms with E-state index in [2.05, 4.69) is 5.32 Å². The number of rotatable bonds is 2. The van der Waals surface area contributed by atoms with Crippen molar-refractivity contribution >= 4 is 29.3 Å². The Hall–Kier alpha value is -3.13. The Bertz CT molecular complexity index is 1110. The molecule has 8 heteroatoms. The number of piperidine rings is 1. The summed E-state index contributed by atoms with van der Waals surface area (Å²) in [5.41, 5.74) is 1.95. The van der Waals surface area contributed by atoms with Gasteiger partial charge >= 0.3 is 0 Å². The van der Waals surface area contributed by atoms with Crippen molar-refractivity contribution in [1.82, 2.24) is 14.8 Å². The number of likely N-dealkylation sites (tertiary alicyclic amines) is 1. The highest BCUT2D eigenvalue weighted by molar-refractivity contribution is 7.80. The summed E-state index contributed by atoms with van der Waals surface area (Å²) in [4.78, 5) is 26.6. The van der Waals surface area contributed by atoms with Crippen molar-refractivity contribution in [1.29, 1.82) is 0 Å². The zero-order chi connectivity index (χ0) is 20.7. The van der Waals surface area contributed by atoms with E-state index in [-0.39, 0.29) is 24.2 Å². The number of benzene rings is 1. The highest BCUT2D eigenvalue weighted by Crippen LogP contribution is 2.35. The highest BCUT2D eigenvalue weighted by Gasteiger charge is 2.35. The molecule has 1 unspecified atom stereocenters. The first-order valence-corrected chi connectivity index (χ1v) is 10.3. The topological polar surface area (TPSA) is 72.8 Å². The van der Waals surface area contributed by atoms with Crippen LogP contribution in [0.4, 0.5) is 0 Å². The number of aromatic nitrogens is 1. The summed E-state index contributed by atoms with van der Waals surface area (Å²) in [7, 11) is 0. The van der Waals surface area contributed by atoms with Gasteiger partial charge < -0.3 is 18.9 Å². The van der Waals surface area contributed by atoms with E-state index < -0.39 is 0 Å². The molecule has 0 aliphatic carbocycles. The van der Waals surface area contributed by atoms with Gasteiger partial charge in [0.15, 0.2) is 16.6 Å². The zero-order valence-corrected chi connectivity index (χ0v) is 17.1. The van der Waals surface area contributed by atoms with Crippen LogP contribution in [-0.4, -0.2) is 40.4 Å². The summed E-state index contributed by atoms with van der Waals surface area (Å²) < 4.78 is 12.5. The van der Waals surface area contributed by atoms with E-state index in [4.69, 9.17) is 21.7 Å². The summed E-state index contributed by atoms with van der Waals surface area (Å²) in [6.07, 6.45) is 4.22. The van der Waals surface area contributed by atoms with Crippen molar-refractivity contribution in [2.45, 2.75) is 18.9 Å². The predicted molar refractivity (Wildman–Crippen MR) is 115 cm³/mol. The van der Waals surface area contributed by atoms with Crippen LogP contribution < -0.4 is 20.3 Å². The normalized spacial score (nSPS) is 21.4. The molecule has 1 N–H and O–H groups in total. The molecule has 7 nitrogen and oxygen atoms in total. The quantitative estimate of drug-likeness (QED) is 0.589. The first kappa shape index (κ1) is 18.9. The van der Waals surface area contributed by atoms with Gasteiger partial charge in [-0.15, -0.1) is 0 Å². The molecule has 1 aromatic carbocycles. The van der Waals surface area contributed by atoms with Crippen LogP contribution in [-0.2, 0) is 11.3 Å². The maximum absolute atomic E-state index is 12.4. The molecule has 1 aromatic heterocycles. The fourth-order valence-corrected chi connectivity index (χ4v) is 4.73. The lowest BCUT2D eigenvalue weighted by molar-refractivity contribution is -0.115. The third-order valence-electron chi connectivity index (χ3n) is 5.82. The molecule has 2 atom stereocenters. The van der Waals surface area contributed by atoms with Gasteiger partial charge in [0.1, 0.15) is 0 Å². The summed E-state index contributed by atoms with van der Waals surface area (Å²) in [6, 6.07) is 11.0. The molecule has 1 amide bonds. The van der Waals surface area contributed by atoms with E-state index in [0.717, 1.165) is 24.2 Å². The monoisotopic (exact) mass is 423 g/mol. The SMILES string of the molecule is O=C(/C=C/c1ccc2c(c1)OCO2)NC(=S)N1CC2C[C@@H](C1)c1cccc(=O)n1C2. The Morgan fingerprint density at radius 1 is 1.13 bits per heavy atom. The minimum atomic E-state index is -0.273. The molecule has 0 radical (unpaired) electrons. The van der Waals surface area contributed by atoms with Crippen LogP contribution in [0.2, 0.25) is 0 Å². The number of hydrogen-bond donors (Lipinski definition) is 1. The number of amides is 1. The van der Waals surface area contributed by atoms with E-state index in [1.54, 1.807) is 12.1 Å². The second-order valence-electron chi connectivity index (χ2n) is 7.84. The van der Waals surface area contributed by atoms with Crippen LogP contribution in [0.25, 0.3) is 6.08 Å². The van der Waals surface area contributed by atoms with Crippen LogP contribution in [0, 0.1) is 5.92 Å². The third-order valence-corrected chi connectivity index (χ3v) is 6.18. The van der Waals surface area contributed by atoms with E-state index >= 15 is 0 Å². The maximum atomic E-state index is 12.4. The summed E-state index contributed by atoms with van der Waals surface area (Å²) in [5, 5.41) is 3.23. The molecule has 2 aromatic rings. The van der Waals surface area contributed by atoms with Gasteiger partial charge in [-0.3, -0.25) is 14.9 Å². The number of fused-ring (bicyclic) bond motifs is 5. The van der Waals surface area contributed by atoms with Crippen molar-refractivity contribution in [3.05, 3.63) is 64.1 Å². The number of carbonyl (C=O) groups is 1. The van der Waals surface area contributed by atoms with Crippen LogP contribution in [0.15, 0.2) is 47.3 Å². The van der Waals surface area contributed by atoms with Gasteiger partial charge in [-0.05, 0) is 54.4 Å². The Kier molecular flexibility index (Phi) is 4.78. The number of carbonyl (C=O) groups excluding carboxylic acids is 1. The average Bonchev–Trinajstić information content (AvgIpc) is 3.21. The standard InChI is InChI=1S/C22H21N3O4S/c26-20(7-5-14-4-6-18-19(9-14)29-13-28-18)23-22(30)24-10-15-8-16(12-24)17-2-1-3-21(27)25(17)11-15/h1-7,9,15-16H,8,10-13H2,(H,23,26,30)/b7-5+/t15?,16-/m0/s1. The molecule has 0 saturated carbocycles. The molecule has 5 rings (SSSR count). The van der Waals surface area contributed by atoms with E-state index in [1.165, 1.54) is 6.08 Å². The van der Waals surface area contributed by atoms with E-state index in [9.17, 15) is 9.59 Å². The van der Waals surface area contributed by atoms with Crippen molar-refractivity contribution in [3.8, 4) is 11.5 Å². The first-order valence-electron chi connectivity index (χ1n) is 9.94. The summed E-state index contributed by atoms with van der Waals surface area (Å²) in [5.74, 6) is 1.69. The van der Waals surface area contributed by atoms with Gasteiger partial charge in [0.05, 0.1) is 0 Å². The number of nitrogens with zero attached hydrogens (tertiary/aromatic N) is 2. The Balaban J connectivity index is 1.23. The van der Waals surface area contributed by atoms with Crippen molar-refractivity contribution in [2.24, 2.45) is 5.92 Å². The van der Waals surface area contributed by atoms with E-state index in [1.807, 2.05) is 39.8 Å². The fraction of sp³-hybridized carbons (Fsp3) is 0.318. The zero-order valence-electron chi connectivity index (χ0n) is 16.2. The molecule has 4 heterocycles. The molecule has 2 bridgehead atoms. The molecule has 30 heavy (non-hydrogen) atoms. The van der Waals surface area contributed by atoms with Crippen molar-refractivity contribution in [3.63, 3.8) is 0 Å². The minimum Gasteiger partial charge on any atom is -0.454 e. The van der Waals surface area contributed by atoms with Gasteiger partial charge in [0.2, 0.25) is 12.7 Å². The van der Waals surface area contributed by atoms with Gasteiger partial charge in [-0.25, -0.2) is 0 Å². The van der Waals surface area contributed by atoms with Crippen LogP contribution in [0.3, 0.4) is 0 Å². The molecule has 154 valence electrons. The Morgan fingerprint density at radius 2 is 2.00 bits per heavy atom. The lowest BCUT2D eigenvalue weighted by Gasteiger charge is -2.43. The second kappa shape index (κ2) is 7.60. The number of thiocarbonyl (C=S) groups is 1. The predicted octanol–water partition coefficient (Wildman–Crippen LogP) is 2.11. The first-order chi connectivity index (χ1) is 14.6. The van der Waals surface area contributed by atoms with Gasteiger partial charge in [-0.2, -0.15) is 0 Å². The molecule has 1 fully saturated rings. The Labute approximate surface area is 178 Å². The molecular weight excluding hydrogens is 402 g/mol. The molecule has 1 saturated heterocycles. The van der Waals surface area contributed by atoms with Crippen LogP contribution in [0.5, 0.6) is 11.5 Å². The third kappa shape index (κ3) is 3.59. The van der Waals surface area contributed by atoms with Crippen molar-refractivity contribution < 1.29 is 14.3 Å². The summed E-state index contributed by atoms with van der Waals surface area (Å²) >= 11 is 5.50. The molecule has 0 spiro atoms. The lowest BCUT2D eigenvalue weighted by Crippen LogP contribution is -2.52. The molecular formula is C22H21N3O4S. The van der Waals surface area contributed by atoms with Crippen molar-refractivity contribution in [2.75, 3.05) is 19.9 Å². The number of hydrogen-bond acceptors (Lipinski definition) is 5. The van der Waals surface area contributed by atoms with Crippen LogP contribution in [0.1, 0.15) is 23.6 Å². The summed E-state index contributed by atoms with van der Waals surface area (Å²) in [6.45, 7) is 2.35. The maximum Gasteiger partial charge on any atom is 0.250 e. The van der Waals surface area contributed by atoms with Gasteiger partial charge in [0.25, 0.3) is 5.56 Å². The van der Waals surface area contributed by atoms with Gasteiger partial charge in [0, 0.05) is 43.4 Å². The van der Waals surface area contributed by atoms with Crippen LogP contribution >= 0.6 is 12.2 Å². The van der Waals surface area contributed by atoms with E-state index in [0.29, 0.717) is 35.6 Å². The molecule has 3 aliphatic rings. The van der Waals surface area contributed by atoms with Gasteiger partial charge in [-0.1, -0.05) is 12.1 Å². The molecule has 3 aliphatic heterocycles. The number of nitrogens with one attached hydrogen (secondary N) is 1. The fourth-order valence-electron chi connectivity index (χ4n) is 4.48. The lowest BCUT2D eigenvalue weighted by atomic mass is 9.83. The minimum absolute atomic E-state index is 0.0557. The Morgan fingerprint density at radius 3 is 2.90 bits per heavy atom. The second-order valence-corrected chi connectivity index (χ2v) is 8.23. The average molecular weight is 423 g/mol. The number of pyridine rings is 1. The highest BCUT2D eigenvalue weighted by atomic mass is 32.1. The number of ether oxygens (including phenoxy) is 2.